The molecule has 170 valence electrons. The number of pyridine rings is 2. The van der Waals surface area contributed by atoms with E-state index in [4.69, 9.17) is 33.3 Å². The van der Waals surface area contributed by atoms with Gasteiger partial charge in [0.15, 0.2) is 5.82 Å². The molecule has 0 radical (unpaired) electrons. The maximum Gasteiger partial charge on any atom is 0.159 e. The summed E-state index contributed by atoms with van der Waals surface area (Å²) in [5, 5.41) is 13.5. The number of fused-ring (bicyclic) bond motifs is 1. The quantitative estimate of drug-likeness (QED) is 0.378. The number of halogens is 2. The molecule has 5 rings (SSSR count). The molecule has 0 amide bonds. The van der Waals surface area contributed by atoms with Crippen LogP contribution in [0.2, 0.25) is 10.0 Å². The first-order chi connectivity index (χ1) is 16.1. The number of rotatable bonds is 6. The summed E-state index contributed by atoms with van der Waals surface area (Å²) in [6, 6.07) is 11.3. The Balaban J connectivity index is 1.40. The largest absolute Gasteiger partial charge is 0.395 e. The van der Waals surface area contributed by atoms with Crippen LogP contribution in [-0.4, -0.2) is 69.3 Å². The molecular weight excluding hydrogens is 461 g/mol. The third-order valence-corrected chi connectivity index (χ3v) is 6.37. The molecule has 0 unspecified atom stereocenters. The summed E-state index contributed by atoms with van der Waals surface area (Å²) in [6.07, 6.45) is 3.50. The fourth-order valence-electron chi connectivity index (χ4n) is 4.05. The van der Waals surface area contributed by atoms with E-state index in [1.54, 1.807) is 30.6 Å². The van der Waals surface area contributed by atoms with Gasteiger partial charge in [0, 0.05) is 56.9 Å². The Bertz CT molecular complexity index is 1250. The third kappa shape index (κ3) is 4.60. The van der Waals surface area contributed by atoms with Gasteiger partial charge in [-0.3, -0.25) is 4.90 Å². The van der Waals surface area contributed by atoms with E-state index in [9.17, 15) is 0 Å². The fraction of sp³-hybridized carbons (Fsp3) is 0.261. The number of benzene rings is 1. The van der Waals surface area contributed by atoms with Gasteiger partial charge in [0.05, 0.1) is 27.7 Å². The number of nitrogens with zero attached hydrogens (tertiary/aromatic N) is 5. The van der Waals surface area contributed by atoms with E-state index in [1.807, 2.05) is 18.2 Å². The molecule has 3 aromatic heterocycles. The minimum absolute atomic E-state index is 0.194. The molecule has 1 aromatic carbocycles. The van der Waals surface area contributed by atoms with Crippen molar-refractivity contribution in [2.24, 2.45) is 0 Å². The number of aliphatic hydroxyl groups is 1. The van der Waals surface area contributed by atoms with Crippen molar-refractivity contribution in [3.05, 3.63) is 58.8 Å². The highest BCUT2D eigenvalue weighted by Crippen LogP contribution is 2.35. The van der Waals surface area contributed by atoms with Crippen LogP contribution in [0.25, 0.3) is 22.4 Å². The van der Waals surface area contributed by atoms with Gasteiger partial charge in [0.25, 0.3) is 0 Å². The van der Waals surface area contributed by atoms with E-state index in [1.165, 1.54) is 0 Å². The lowest BCUT2D eigenvalue weighted by Crippen LogP contribution is -2.47. The number of imidazole rings is 1. The summed E-state index contributed by atoms with van der Waals surface area (Å²) in [7, 11) is 0. The van der Waals surface area contributed by atoms with Crippen molar-refractivity contribution in [1.82, 2.24) is 24.8 Å². The molecule has 1 aliphatic heterocycles. The van der Waals surface area contributed by atoms with E-state index in [0.29, 0.717) is 38.6 Å². The van der Waals surface area contributed by atoms with Crippen LogP contribution in [0.15, 0.2) is 48.8 Å². The number of H-pyrrole nitrogens is 1. The number of aromatic nitrogens is 4. The van der Waals surface area contributed by atoms with E-state index in [-0.39, 0.29) is 6.61 Å². The van der Waals surface area contributed by atoms with Gasteiger partial charge in [-0.1, -0.05) is 29.3 Å². The summed E-state index contributed by atoms with van der Waals surface area (Å²) in [5.74, 6) is 1.86. The number of nitrogens with one attached hydrogen (secondary N) is 2. The number of hydrogen-bond acceptors (Lipinski definition) is 7. The molecule has 4 aromatic rings. The molecule has 1 aliphatic rings. The smallest absolute Gasteiger partial charge is 0.159 e. The molecule has 1 fully saturated rings. The lowest BCUT2D eigenvalue weighted by Gasteiger charge is -2.35. The first kappa shape index (κ1) is 21.9. The molecule has 0 saturated carbocycles. The van der Waals surface area contributed by atoms with Gasteiger partial charge in [0.2, 0.25) is 0 Å². The molecule has 4 heterocycles. The normalized spacial score (nSPS) is 14.7. The standard InChI is InChI=1S/C23H23Cl2N7O/c24-16-2-1-3-17(25)20(16)22-28-18-5-7-27-23(21(18)30-22)29-19-14-15(4-6-26-19)32-10-8-31(9-11-32)12-13-33/h1-7,14,33H,8-13H2,(H,28,30)(H,26,27,29). The van der Waals surface area contributed by atoms with Crippen molar-refractivity contribution in [3.63, 3.8) is 0 Å². The summed E-state index contributed by atoms with van der Waals surface area (Å²) < 4.78 is 0. The van der Waals surface area contributed by atoms with Crippen molar-refractivity contribution in [2.75, 3.05) is 49.5 Å². The number of aromatic amines is 1. The van der Waals surface area contributed by atoms with Crippen LogP contribution in [0, 0.1) is 0 Å². The Morgan fingerprint density at radius 3 is 2.52 bits per heavy atom. The first-order valence-electron chi connectivity index (χ1n) is 10.7. The van der Waals surface area contributed by atoms with Gasteiger partial charge in [-0.15, -0.1) is 0 Å². The SMILES string of the molecule is OCCN1CCN(c2ccnc(Nc3nccc4[nH]c(-c5c(Cl)cccc5Cl)nc34)c2)CC1. The Morgan fingerprint density at radius 1 is 1.00 bits per heavy atom. The number of β-amino-alcohol motifs (C(OH)–C–C–N with tert-alkyl or cyclic N) is 1. The lowest BCUT2D eigenvalue weighted by molar-refractivity contribution is 0.189. The average Bonchev–Trinajstić information content (AvgIpc) is 3.25. The predicted octanol–water partition coefficient (Wildman–Crippen LogP) is 4.18. The molecule has 1 saturated heterocycles. The molecule has 0 bridgehead atoms. The summed E-state index contributed by atoms with van der Waals surface area (Å²) in [5.41, 5.74) is 3.24. The van der Waals surface area contributed by atoms with Crippen LogP contribution in [0.3, 0.4) is 0 Å². The van der Waals surface area contributed by atoms with Crippen LogP contribution in [-0.2, 0) is 0 Å². The lowest BCUT2D eigenvalue weighted by atomic mass is 10.2. The number of piperazine rings is 1. The first-order valence-corrected chi connectivity index (χ1v) is 11.5. The molecule has 33 heavy (non-hydrogen) atoms. The van der Waals surface area contributed by atoms with E-state index in [2.05, 4.69) is 30.1 Å². The van der Waals surface area contributed by atoms with Crippen LogP contribution < -0.4 is 10.2 Å². The highest BCUT2D eigenvalue weighted by Gasteiger charge is 2.18. The van der Waals surface area contributed by atoms with E-state index >= 15 is 0 Å². The molecule has 8 nitrogen and oxygen atoms in total. The van der Waals surface area contributed by atoms with Crippen LogP contribution in [0.1, 0.15) is 0 Å². The van der Waals surface area contributed by atoms with Crippen molar-refractivity contribution in [2.45, 2.75) is 0 Å². The number of anilines is 3. The highest BCUT2D eigenvalue weighted by molar-refractivity contribution is 6.39. The molecule has 0 atom stereocenters. The van der Waals surface area contributed by atoms with E-state index < -0.39 is 0 Å². The number of hydrogen-bond donors (Lipinski definition) is 3. The Morgan fingerprint density at radius 2 is 1.76 bits per heavy atom. The van der Waals surface area contributed by atoms with Gasteiger partial charge in [-0.25, -0.2) is 15.0 Å². The zero-order valence-electron chi connectivity index (χ0n) is 17.8. The zero-order chi connectivity index (χ0) is 22.8. The minimum Gasteiger partial charge on any atom is -0.395 e. The monoisotopic (exact) mass is 483 g/mol. The van der Waals surface area contributed by atoms with E-state index in [0.717, 1.165) is 43.9 Å². The highest BCUT2D eigenvalue weighted by atomic mass is 35.5. The summed E-state index contributed by atoms with van der Waals surface area (Å²) in [6.45, 7) is 4.56. The van der Waals surface area contributed by atoms with Gasteiger partial charge in [0.1, 0.15) is 17.2 Å². The third-order valence-electron chi connectivity index (χ3n) is 5.74. The Hall–Kier alpha value is -2.91. The number of aliphatic hydroxyl groups excluding tert-OH is 1. The van der Waals surface area contributed by atoms with Crippen LogP contribution in [0.4, 0.5) is 17.3 Å². The second-order valence-electron chi connectivity index (χ2n) is 7.81. The summed E-state index contributed by atoms with van der Waals surface area (Å²) in [4.78, 5) is 21.6. The van der Waals surface area contributed by atoms with Gasteiger partial charge < -0.3 is 20.3 Å². The molecule has 10 heteroatoms. The van der Waals surface area contributed by atoms with Crippen molar-refractivity contribution in [3.8, 4) is 11.4 Å². The Labute approximate surface area is 201 Å². The second-order valence-corrected chi connectivity index (χ2v) is 8.63. The van der Waals surface area contributed by atoms with Crippen LogP contribution >= 0.6 is 23.2 Å². The molecular formula is C23H23Cl2N7O. The zero-order valence-corrected chi connectivity index (χ0v) is 19.3. The maximum atomic E-state index is 9.15. The molecule has 3 N–H and O–H groups in total. The topological polar surface area (TPSA) is 93.2 Å². The second kappa shape index (κ2) is 9.52. The van der Waals surface area contributed by atoms with Gasteiger partial charge >= 0.3 is 0 Å². The average molecular weight is 484 g/mol. The Kier molecular flexibility index (Phi) is 6.32. The maximum absolute atomic E-state index is 9.15. The molecule has 0 aliphatic carbocycles. The fourth-order valence-corrected chi connectivity index (χ4v) is 4.62. The van der Waals surface area contributed by atoms with Gasteiger partial charge in [-0.2, -0.15) is 0 Å². The van der Waals surface area contributed by atoms with Gasteiger partial charge in [-0.05, 0) is 24.3 Å². The van der Waals surface area contributed by atoms with Crippen molar-refractivity contribution < 1.29 is 5.11 Å². The van der Waals surface area contributed by atoms with Crippen molar-refractivity contribution >= 4 is 51.6 Å². The van der Waals surface area contributed by atoms with Crippen LogP contribution in [0.5, 0.6) is 0 Å². The minimum atomic E-state index is 0.194. The predicted molar refractivity (Wildman–Crippen MR) is 133 cm³/mol. The van der Waals surface area contributed by atoms with Crippen molar-refractivity contribution in [1.29, 1.82) is 0 Å². The molecule has 0 spiro atoms. The summed E-state index contributed by atoms with van der Waals surface area (Å²) >= 11 is 12.7.